The first-order valence-electron chi connectivity index (χ1n) is 8.65. The van der Waals surface area contributed by atoms with Gasteiger partial charge in [0, 0.05) is 53.7 Å². The van der Waals surface area contributed by atoms with Crippen molar-refractivity contribution in [1.82, 2.24) is 14.5 Å². The highest BCUT2D eigenvalue weighted by molar-refractivity contribution is 6.31. The molecule has 4 rings (SSSR count). The molecule has 3 nitrogen and oxygen atoms in total. The molecule has 2 aromatic heterocycles. The maximum atomic E-state index is 6.29. The normalized spacial score (nSPS) is 18.6. The van der Waals surface area contributed by atoms with Crippen molar-refractivity contribution < 1.29 is 0 Å². The molecule has 0 amide bonds. The van der Waals surface area contributed by atoms with Crippen LogP contribution >= 0.6 is 11.6 Å². The third-order valence-electron chi connectivity index (χ3n) is 5.29. The smallest absolute Gasteiger partial charge is 0.0529 e. The lowest BCUT2D eigenvalue weighted by molar-refractivity contribution is 0.230. The quantitative estimate of drug-likeness (QED) is 0.641. The van der Waals surface area contributed by atoms with Gasteiger partial charge in [0.25, 0.3) is 0 Å². The molecule has 4 heteroatoms. The van der Waals surface area contributed by atoms with Crippen LogP contribution in [0.4, 0.5) is 0 Å². The lowest BCUT2D eigenvalue weighted by atomic mass is 10.00. The highest BCUT2D eigenvalue weighted by Gasteiger charge is 2.26. The number of halogens is 1. The van der Waals surface area contributed by atoms with E-state index in [-0.39, 0.29) is 0 Å². The minimum absolute atomic E-state index is 0.528. The van der Waals surface area contributed by atoms with Gasteiger partial charge in [0.1, 0.15) is 0 Å². The molecule has 1 unspecified atom stereocenters. The number of hydrogen-bond donors (Lipinski definition) is 0. The van der Waals surface area contributed by atoms with E-state index in [0.29, 0.717) is 6.04 Å². The van der Waals surface area contributed by atoms with Crippen molar-refractivity contribution in [3.8, 4) is 0 Å². The topological polar surface area (TPSA) is 21.1 Å². The molecule has 25 heavy (non-hydrogen) atoms. The Kier molecular flexibility index (Phi) is 4.14. The van der Waals surface area contributed by atoms with E-state index < -0.39 is 0 Å². The van der Waals surface area contributed by atoms with Crippen LogP contribution in [0, 0.1) is 0 Å². The molecule has 1 aliphatic rings. The lowest BCUT2D eigenvalue weighted by Gasteiger charge is -2.30. The monoisotopic (exact) mass is 351 g/mol. The Morgan fingerprint density at radius 1 is 1.24 bits per heavy atom. The average Bonchev–Trinajstić information content (AvgIpc) is 2.89. The van der Waals surface area contributed by atoms with Gasteiger partial charge >= 0.3 is 0 Å². The summed E-state index contributed by atoms with van der Waals surface area (Å²) in [5, 5.41) is 2.06. The largest absolute Gasteiger partial charge is 0.320 e. The van der Waals surface area contributed by atoms with Crippen molar-refractivity contribution in [2.75, 3.05) is 7.05 Å². The first-order valence-corrected chi connectivity index (χ1v) is 9.02. The Morgan fingerprint density at radius 2 is 2.00 bits per heavy atom. The van der Waals surface area contributed by atoms with E-state index in [1.54, 1.807) is 0 Å². The second-order valence-electron chi connectivity index (χ2n) is 6.97. The van der Waals surface area contributed by atoms with Crippen LogP contribution < -0.4 is 0 Å². The standard InChI is InChI=1S/C21H22ClN3/c1-14(16-6-8-23-9-7-16)12-25-20-5-4-17(22)11-18(20)19-13-24(3)15(2)10-21(19)25/h4-9,11-12,15H,10,13H2,1-3H3/b14-12-. The van der Waals surface area contributed by atoms with E-state index >= 15 is 0 Å². The third-order valence-corrected chi connectivity index (χ3v) is 5.52. The molecule has 0 N–H and O–H groups in total. The van der Waals surface area contributed by atoms with Gasteiger partial charge in [-0.05, 0) is 67.9 Å². The number of benzene rings is 1. The van der Waals surface area contributed by atoms with E-state index in [0.717, 1.165) is 18.0 Å². The van der Waals surface area contributed by atoms with Gasteiger partial charge in [0.05, 0.1) is 5.52 Å². The van der Waals surface area contributed by atoms with Crippen molar-refractivity contribution in [3.05, 3.63) is 64.6 Å². The van der Waals surface area contributed by atoms with Gasteiger partial charge in [0.2, 0.25) is 0 Å². The highest BCUT2D eigenvalue weighted by Crippen LogP contribution is 2.35. The summed E-state index contributed by atoms with van der Waals surface area (Å²) in [4.78, 5) is 6.53. The number of pyridine rings is 1. The van der Waals surface area contributed by atoms with Gasteiger partial charge in [-0.3, -0.25) is 9.88 Å². The number of hydrogen-bond acceptors (Lipinski definition) is 2. The van der Waals surface area contributed by atoms with Crippen LogP contribution in [0.25, 0.3) is 22.7 Å². The van der Waals surface area contributed by atoms with Gasteiger partial charge < -0.3 is 4.57 Å². The Bertz CT molecular complexity index is 956. The summed E-state index contributed by atoms with van der Waals surface area (Å²) in [6.45, 7) is 5.40. The van der Waals surface area contributed by atoms with Crippen LogP contribution in [-0.4, -0.2) is 27.5 Å². The van der Waals surface area contributed by atoms with Crippen LogP contribution in [0.3, 0.4) is 0 Å². The van der Waals surface area contributed by atoms with E-state index in [9.17, 15) is 0 Å². The van der Waals surface area contributed by atoms with Crippen LogP contribution in [-0.2, 0) is 13.0 Å². The summed E-state index contributed by atoms with van der Waals surface area (Å²) < 4.78 is 2.36. The Morgan fingerprint density at radius 3 is 2.76 bits per heavy atom. The molecule has 0 bridgehead atoms. The van der Waals surface area contributed by atoms with E-state index in [1.807, 2.05) is 18.5 Å². The summed E-state index contributed by atoms with van der Waals surface area (Å²) in [6, 6.07) is 10.9. The lowest BCUT2D eigenvalue weighted by Crippen LogP contribution is -2.35. The Labute approximate surface area is 153 Å². The molecule has 3 aromatic rings. The van der Waals surface area contributed by atoms with Crippen LogP contribution in [0.5, 0.6) is 0 Å². The van der Waals surface area contributed by atoms with E-state index in [2.05, 4.69) is 65.8 Å². The second kappa shape index (κ2) is 6.32. The van der Waals surface area contributed by atoms with Gasteiger partial charge in [-0.1, -0.05) is 11.6 Å². The molecule has 3 heterocycles. The fourth-order valence-electron chi connectivity index (χ4n) is 3.68. The van der Waals surface area contributed by atoms with Crippen molar-refractivity contribution in [2.24, 2.45) is 0 Å². The summed E-state index contributed by atoms with van der Waals surface area (Å²) in [6.07, 6.45) is 6.97. The summed E-state index contributed by atoms with van der Waals surface area (Å²) >= 11 is 6.29. The molecular weight excluding hydrogens is 330 g/mol. The Balaban J connectivity index is 1.93. The summed E-state index contributed by atoms with van der Waals surface area (Å²) in [5.74, 6) is 0. The number of allylic oxidation sites excluding steroid dienone is 1. The van der Waals surface area contributed by atoms with Crippen molar-refractivity contribution >= 4 is 34.3 Å². The summed E-state index contributed by atoms with van der Waals surface area (Å²) in [7, 11) is 2.19. The molecular formula is C21H22ClN3. The maximum absolute atomic E-state index is 6.29. The molecule has 0 fully saturated rings. The predicted octanol–water partition coefficient (Wildman–Crippen LogP) is 5.08. The van der Waals surface area contributed by atoms with Crippen LogP contribution in [0.2, 0.25) is 5.02 Å². The van der Waals surface area contributed by atoms with Crippen LogP contribution in [0.1, 0.15) is 30.7 Å². The zero-order chi connectivity index (χ0) is 17.6. The first kappa shape index (κ1) is 16.4. The molecule has 1 aliphatic heterocycles. The SMILES string of the molecule is C/C(=C/n1c2c(c3cc(Cl)ccc31)CN(C)C(C)C2)c1ccncc1. The summed E-state index contributed by atoms with van der Waals surface area (Å²) in [5.41, 5.74) is 6.45. The number of rotatable bonds is 2. The number of likely N-dealkylation sites (N-methyl/N-ethyl adjacent to an activating group) is 1. The second-order valence-corrected chi connectivity index (χ2v) is 7.41. The highest BCUT2D eigenvalue weighted by atomic mass is 35.5. The zero-order valence-corrected chi connectivity index (χ0v) is 15.6. The van der Waals surface area contributed by atoms with Gasteiger partial charge in [-0.15, -0.1) is 0 Å². The van der Waals surface area contributed by atoms with Crippen molar-refractivity contribution in [2.45, 2.75) is 32.9 Å². The zero-order valence-electron chi connectivity index (χ0n) is 14.8. The van der Waals surface area contributed by atoms with E-state index in [4.69, 9.17) is 11.6 Å². The molecule has 1 aromatic carbocycles. The molecule has 0 spiro atoms. The molecule has 0 aliphatic carbocycles. The Hall–Kier alpha value is -2.10. The maximum Gasteiger partial charge on any atom is 0.0529 e. The molecule has 0 radical (unpaired) electrons. The third kappa shape index (κ3) is 2.88. The van der Waals surface area contributed by atoms with Gasteiger partial charge in [-0.2, -0.15) is 0 Å². The van der Waals surface area contributed by atoms with Gasteiger partial charge in [0.15, 0.2) is 0 Å². The fourth-order valence-corrected chi connectivity index (χ4v) is 3.85. The molecule has 1 atom stereocenters. The van der Waals surface area contributed by atoms with Crippen molar-refractivity contribution in [3.63, 3.8) is 0 Å². The van der Waals surface area contributed by atoms with Crippen LogP contribution in [0.15, 0.2) is 42.7 Å². The van der Waals surface area contributed by atoms with Gasteiger partial charge in [-0.25, -0.2) is 0 Å². The van der Waals surface area contributed by atoms with E-state index in [1.165, 1.54) is 33.3 Å². The number of fused-ring (bicyclic) bond motifs is 3. The first-order chi connectivity index (χ1) is 12.0. The fraction of sp³-hybridized carbons (Fsp3) is 0.286. The molecule has 128 valence electrons. The predicted molar refractivity (Wildman–Crippen MR) is 106 cm³/mol. The minimum Gasteiger partial charge on any atom is -0.320 e. The molecule has 0 saturated heterocycles. The van der Waals surface area contributed by atoms with Crippen molar-refractivity contribution in [1.29, 1.82) is 0 Å². The minimum atomic E-state index is 0.528. The number of aromatic nitrogens is 2. The average molecular weight is 352 g/mol. The molecule has 0 saturated carbocycles. The number of nitrogens with zero attached hydrogens (tertiary/aromatic N) is 3.